The molecule has 0 radical (unpaired) electrons. The molecule has 0 bridgehead atoms. The molecule has 0 aliphatic rings. The highest BCUT2D eigenvalue weighted by Gasteiger charge is 1.95. The molecule has 10 heavy (non-hydrogen) atoms. The van der Waals surface area contributed by atoms with E-state index in [1.165, 1.54) is 0 Å². The molecule has 1 aromatic heterocycles. The molecule has 3 heteroatoms. The van der Waals surface area contributed by atoms with Crippen molar-refractivity contribution in [1.82, 2.24) is 4.98 Å². The Hall–Kier alpha value is -1.09. The minimum atomic E-state index is 0.527. The maximum atomic E-state index is 5.43. The van der Waals surface area contributed by atoms with Crippen LogP contribution in [0.5, 0.6) is 0 Å². The lowest BCUT2D eigenvalue weighted by Gasteiger charge is -2.01. The second-order valence-electron chi connectivity index (χ2n) is 2.24. The number of nitrogens with zero attached hydrogens (tertiary/aromatic N) is 1. The van der Waals surface area contributed by atoms with Crippen LogP contribution in [0.1, 0.15) is 11.1 Å². The van der Waals surface area contributed by atoms with Gasteiger partial charge in [-0.05, 0) is 24.1 Å². The highest BCUT2D eigenvalue weighted by molar-refractivity contribution is 5.35. The van der Waals surface area contributed by atoms with Crippen molar-refractivity contribution in [1.29, 1.82) is 0 Å². The Kier molecular flexibility index (Phi) is 1.87. The third-order valence-corrected chi connectivity index (χ3v) is 1.46. The van der Waals surface area contributed by atoms with Crippen LogP contribution >= 0.6 is 0 Å². The van der Waals surface area contributed by atoms with Crippen molar-refractivity contribution < 1.29 is 0 Å². The Balaban J connectivity index is 3.07. The summed E-state index contributed by atoms with van der Waals surface area (Å²) in [5.74, 6) is 0.551. The quantitative estimate of drug-likeness (QED) is 0.590. The smallest absolute Gasteiger partial charge is 0.123 e. The first-order valence-electron chi connectivity index (χ1n) is 3.15. The van der Waals surface area contributed by atoms with Gasteiger partial charge in [-0.1, -0.05) is 0 Å². The van der Waals surface area contributed by atoms with E-state index in [-0.39, 0.29) is 0 Å². The molecule has 3 nitrogen and oxygen atoms in total. The van der Waals surface area contributed by atoms with E-state index in [4.69, 9.17) is 11.5 Å². The molecule has 0 amide bonds. The number of aromatic nitrogens is 1. The lowest BCUT2D eigenvalue weighted by Crippen LogP contribution is -2.01. The molecule has 0 aromatic carbocycles. The van der Waals surface area contributed by atoms with Crippen molar-refractivity contribution in [2.45, 2.75) is 13.5 Å². The summed E-state index contributed by atoms with van der Waals surface area (Å²) in [6, 6.07) is 1.82. The fourth-order valence-electron chi connectivity index (χ4n) is 0.820. The zero-order chi connectivity index (χ0) is 7.56. The van der Waals surface area contributed by atoms with Crippen LogP contribution in [0, 0.1) is 6.92 Å². The van der Waals surface area contributed by atoms with E-state index in [0.29, 0.717) is 12.4 Å². The number of hydrogen-bond donors (Lipinski definition) is 2. The van der Waals surface area contributed by atoms with Crippen LogP contribution in [0.15, 0.2) is 12.3 Å². The van der Waals surface area contributed by atoms with Gasteiger partial charge in [0.15, 0.2) is 0 Å². The van der Waals surface area contributed by atoms with Crippen molar-refractivity contribution >= 4 is 5.82 Å². The van der Waals surface area contributed by atoms with Crippen molar-refractivity contribution in [3.63, 3.8) is 0 Å². The van der Waals surface area contributed by atoms with Crippen LogP contribution in [0.3, 0.4) is 0 Å². The van der Waals surface area contributed by atoms with Crippen LogP contribution in [0.2, 0.25) is 0 Å². The fraction of sp³-hybridized carbons (Fsp3) is 0.286. The molecule has 4 N–H and O–H groups in total. The number of pyridine rings is 1. The number of aryl methyl sites for hydroxylation is 1. The summed E-state index contributed by atoms with van der Waals surface area (Å²) in [5.41, 5.74) is 13.0. The molecule has 0 atom stereocenters. The van der Waals surface area contributed by atoms with Gasteiger partial charge in [0.2, 0.25) is 0 Å². The van der Waals surface area contributed by atoms with Crippen molar-refractivity contribution in [3.8, 4) is 0 Å². The normalized spacial score (nSPS) is 9.80. The Morgan fingerprint density at radius 2 is 2.30 bits per heavy atom. The van der Waals surface area contributed by atoms with E-state index >= 15 is 0 Å². The minimum absolute atomic E-state index is 0.527. The zero-order valence-corrected chi connectivity index (χ0v) is 5.96. The maximum Gasteiger partial charge on any atom is 0.123 e. The van der Waals surface area contributed by atoms with Crippen LogP contribution in [-0.2, 0) is 6.54 Å². The Morgan fingerprint density at radius 3 is 2.80 bits per heavy atom. The average molecular weight is 137 g/mol. The summed E-state index contributed by atoms with van der Waals surface area (Å²) in [7, 11) is 0. The van der Waals surface area contributed by atoms with Gasteiger partial charge in [0.25, 0.3) is 0 Å². The fourth-order valence-corrected chi connectivity index (χ4v) is 0.820. The monoisotopic (exact) mass is 137 g/mol. The standard InChI is InChI=1S/C7H11N3/c1-5-2-7(9)10-4-6(5)3-8/h2,4H,3,8H2,1H3,(H2,9,10). The molecule has 0 saturated heterocycles. The molecule has 1 heterocycles. The highest BCUT2D eigenvalue weighted by atomic mass is 14.8. The van der Waals surface area contributed by atoms with E-state index in [2.05, 4.69) is 4.98 Å². The first-order chi connectivity index (χ1) is 4.74. The third-order valence-electron chi connectivity index (χ3n) is 1.46. The lowest BCUT2D eigenvalue weighted by molar-refractivity contribution is 1.03. The van der Waals surface area contributed by atoms with Gasteiger partial charge < -0.3 is 11.5 Å². The summed E-state index contributed by atoms with van der Waals surface area (Å²) in [4.78, 5) is 3.91. The number of nitrogen functional groups attached to an aromatic ring is 1. The number of hydrogen-bond acceptors (Lipinski definition) is 3. The number of nitrogens with two attached hydrogens (primary N) is 2. The Morgan fingerprint density at radius 1 is 1.60 bits per heavy atom. The molecule has 54 valence electrons. The zero-order valence-electron chi connectivity index (χ0n) is 5.96. The molecule has 0 unspecified atom stereocenters. The van der Waals surface area contributed by atoms with Crippen molar-refractivity contribution in [2.75, 3.05) is 5.73 Å². The van der Waals surface area contributed by atoms with Gasteiger partial charge in [-0.25, -0.2) is 4.98 Å². The van der Waals surface area contributed by atoms with Crippen molar-refractivity contribution in [3.05, 3.63) is 23.4 Å². The first-order valence-corrected chi connectivity index (χ1v) is 3.15. The predicted molar refractivity (Wildman–Crippen MR) is 41.3 cm³/mol. The summed E-state index contributed by atoms with van der Waals surface area (Å²) >= 11 is 0. The minimum Gasteiger partial charge on any atom is -0.384 e. The van der Waals surface area contributed by atoms with E-state index < -0.39 is 0 Å². The average Bonchev–Trinajstić information content (AvgIpc) is 1.88. The molecule has 0 fully saturated rings. The van der Waals surface area contributed by atoms with Gasteiger partial charge in [-0.3, -0.25) is 0 Å². The molecule has 0 saturated carbocycles. The lowest BCUT2D eigenvalue weighted by atomic mass is 10.1. The molecule has 1 aromatic rings. The van der Waals surface area contributed by atoms with Gasteiger partial charge in [-0.2, -0.15) is 0 Å². The SMILES string of the molecule is Cc1cc(N)ncc1CN. The van der Waals surface area contributed by atoms with E-state index in [1.807, 2.05) is 13.0 Å². The Bertz CT molecular complexity index is 232. The van der Waals surface area contributed by atoms with Gasteiger partial charge in [0.05, 0.1) is 0 Å². The van der Waals surface area contributed by atoms with E-state index in [1.54, 1.807) is 6.20 Å². The van der Waals surface area contributed by atoms with Crippen LogP contribution < -0.4 is 11.5 Å². The second kappa shape index (κ2) is 2.66. The molecular formula is C7H11N3. The highest BCUT2D eigenvalue weighted by Crippen LogP contribution is 2.07. The maximum absolute atomic E-state index is 5.43. The van der Waals surface area contributed by atoms with Gasteiger partial charge >= 0.3 is 0 Å². The van der Waals surface area contributed by atoms with E-state index in [0.717, 1.165) is 11.1 Å². The van der Waals surface area contributed by atoms with Gasteiger partial charge in [-0.15, -0.1) is 0 Å². The summed E-state index contributed by atoms with van der Waals surface area (Å²) < 4.78 is 0. The molecular weight excluding hydrogens is 126 g/mol. The van der Waals surface area contributed by atoms with Crippen LogP contribution in [-0.4, -0.2) is 4.98 Å². The van der Waals surface area contributed by atoms with Crippen LogP contribution in [0.4, 0.5) is 5.82 Å². The predicted octanol–water partition coefficient (Wildman–Crippen LogP) is 0.431. The Labute approximate surface area is 60.1 Å². The van der Waals surface area contributed by atoms with E-state index in [9.17, 15) is 0 Å². The number of anilines is 1. The third kappa shape index (κ3) is 1.25. The summed E-state index contributed by atoms with van der Waals surface area (Å²) in [5, 5.41) is 0. The van der Waals surface area contributed by atoms with Crippen LogP contribution in [0.25, 0.3) is 0 Å². The topological polar surface area (TPSA) is 64.9 Å². The second-order valence-corrected chi connectivity index (χ2v) is 2.24. The number of rotatable bonds is 1. The largest absolute Gasteiger partial charge is 0.384 e. The summed E-state index contributed by atoms with van der Waals surface area (Å²) in [6.07, 6.45) is 1.71. The molecule has 0 spiro atoms. The van der Waals surface area contributed by atoms with Gasteiger partial charge in [0, 0.05) is 12.7 Å². The molecule has 0 aliphatic heterocycles. The van der Waals surface area contributed by atoms with Crippen molar-refractivity contribution in [2.24, 2.45) is 5.73 Å². The summed E-state index contributed by atoms with van der Waals surface area (Å²) in [6.45, 7) is 2.50. The molecule has 0 aliphatic carbocycles. The van der Waals surface area contributed by atoms with Gasteiger partial charge in [0.1, 0.15) is 5.82 Å². The molecule has 1 rings (SSSR count). The first kappa shape index (κ1) is 7.02.